The second kappa shape index (κ2) is 5.57. The Morgan fingerprint density at radius 2 is 1.60 bits per heavy atom. The van der Waals surface area contributed by atoms with Gasteiger partial charge in [-0.15, -0.1) is 0 Å². The minimum atomic E-state index is -4.43. The Labute approximate surface area is 85.0 Å². The molecule has 0 saturated carbocycles. The lowest BCUT2D eigenvalue weighted by Gasteiger charge is -2.13. The first-order valence-electron chi connectivity index (χ1n) is 3.79. The number of aliphatic hydroxyl groups is 3. The maximum Gasteiger partial charge on any atom is 0.411 e. The first-order valence-corrected chi connectivity index (χ1v) is 5.62. The fourth-order valence-electron chi connectivity index (χ4n) is 0.710. The third-order valence-electron chi connectivity index (χ3n) is 1.45. The first kappa shape index (κ1) is 14.5. The van der Waals surface area contributed by atoms with Crippen LogP contribution in [0.1, 0.15) is 0 Å². The van der Waals surface area contributed by atoms with Gasteiger partial charge in [0.05, 0.1) is 6.61 Å². The highest BCUT2D eigenvalue weighted by molar-refractivity contribution is 7.59. The molecule has 0 aromatic rings. The standard InChI is InChI=1S/C6H12O8P/c7-1-3(8)5(10)6(11)4(9)2-15(12,13)14/h3,5,7-8,10,12-14H,1-2H2/q+1/t3-,5-/m1/s1. The van der Waals surface area contributed by atoms with Crippen LogP contribution in [0.3, 0.4) is 0 Å². The predicted octanol–water partition coefficient (Wildman–Crippen LogP) is -3.42. The van der Waals surface area contributed by atoms with E-state index in [1.807, 2.05) is 0 Å². The molecule has 0 radical (unpaired) electrons. The van der Waals surface area contributed by atoms with Crippen LogP contribution in [0.4, 0.5) is 0 Å². The van der Waals surface area contributed by atoms with E-state index in [1.165, 1.54) is 0 Å². The van der Waals surface area contributed by atoms with Gasteiger partial charge in [0.1, 0.15) is 12.2 Å². The quantitative estimate of drug-likeness (QED) is 0.208. The van der Waals surface area contributed by atoms with Crippen LogP contribution in [0, 0.1) is 0 Å². The molecule has 0 aromatic carbocycles. The maximum atomic E-state index is 10.9. The largest absolute Gasteiger partial charge is 0.411 e. The van der Waals surface area contributed by atoms with Gasteiger partial charge in [-0.05, 0) is 0 Å². The summed E-state index contributed by atoms with van der Waals surface area (Å²) in [5.74, 6) is -2.94. The lowest BCUT2D eigenvalue weighted by Crippen LogP contribution is -2.41. The molecule has 15 heavy (non-hydrogen) atoms. The second-order valence-corrected chi connectivity index (χ2v) is 4.53. The molecular formula is C6H12O8P+. The zero-order valence-electron chi connectivity index (χ0n) is 7.52. The van der Waals surface area contributed by atoms with Gasteiger partial charge in [0.25, 0.3) is 0 Å². The van der Waals surface area contributed by atoms with Crippen molar-refractivity contribution in [2.45, 2.75) is 12.2 Å². The monoisotopic (exact) mass is 243 g/mol. The molecule has 0 rings (SSSR count). The zero-order chi connectivity index (χ0) is 12.2. The molecule has 0 unspecified atom stereocenters. The van der Waals surface area contributed by atoms with E-state index in [4.69, 9.17) is 30.0 Å². The zero-order valence-corrected chi connectivity index (χ0v) is 8.41. The summed E-state index contributed by atoms with van der Waals surface area (Å²) in [4.78, 5) is 47.2. The topological polar surface area (TPSA) is 156 Å². The molecule has 88 valence electrons. The molecule has 0 heterocycles. The fraction of sp³-hybridized carbons (Fsp3) is 0.667. The minimum absolute atomic E-state index is 0.933. The molecule has 0 aliphatic heterocycles. The Kier molecular flexibility index (Phi) is 5.39. The lowest BCUT2D eigenvalue weighted by atomic mass is 10.1. The third-order valence-corrected chi connectivity index (χ3v) is 2.16. The summed E-state index contributed by atoms with van der Waals surface area (Å²) in [6, 6.07) is 0. The Balaban J connectivity index is 4.39. The molecule has 0 aromatic heterocycles. The average molecular weight is 243 g/mol. The SMILES string of the molecule is O=C(C[P+](O)(O)O)C(=O)[C@H](O)[C@H](O)CO. The maximum absolute atomic E-state index is 10.9. The summed E-state index contributed by atoms with van der Waals surface area (Å²) >= 11 is 0. The molecule has 0 aliphatic carbocycles. The van der Waals surface area contributed by atoms with E-state index in [0.717, 1.165) is 0 Å². The number of rotatable bonds is 6. The van der Waals surface area contributed by atoms with Crippen LogP contribution in [0.2, 0.25) is 0 Å². The van der Waals surface area contributed by atoms with Gasteiger partial charge in [-0.2, -0.15) is 14.7 Å². The molecule has 9 heteroatoms. The summed E-state index contributed by atoms with van der Waals surface area (Å²) in [7, 11) is -4.43. The molecular weight excluding hydrogens is 231 g/mol. The summed E-state index contributed by atoms with van der Waals surface area (Å²) < 4.78 is 0. The summed E-state index contributed by atoms with van der Waals surface area (Å²) in [5, 5.41) is 26.1. The van der Waals surface area contributed by atoms with Gasteiger partial charge in [-0.1, -0.05) is 0 Å². The Morgan fingerprint density at radius 3 is 1.93 bits per heavy atom. The van der Waals surface area contributed by atoms with E-state index in [1.54, 1.807) is 0 Å². The van der Waals surface area contributed by atoms with Crippen LogP contribution < -0.4 is 0 Å². The van der Waals surface area contributed by atoms with Crippen LogP contribution in [-0.4, -0.2) is 66.5 Å². The van der Waals surface area contributed by atoms with E-state index in [-0.39, 0.29) is 0 Å². The van der Waals surface area contributed by atoms with Gasteiger partial charge in [0, 0.05) is 0 Å². The van der Waals surface area contributed by atoms with Crippen molar-refractivity contribution < 1.29 is 39.6 Å². The lowest BCUT2D eigenvalue weighted by molar-refractivity contribution is -0.145. The molecule has 8 nitrogen and oxygen atoms in total. The predicted molar refractivity (Wildman–Crippen MR) is 47.6 cm³/mol. The molecule has 6 N–H and O–H groups in total. The van der Waals surface area contributed by atoms with Crippen molar-refractivity contribution >= 4 is 19.5 Å². The normalized spacial score (nSPS) is 15.9. The summed E-state index contributed by atoms with van der Waals surface area (Å²) in [6.45, 7) is -0.933. The van der Waals surface area contributed by atoms with Gasteiger partial charge >= 0.3 is 7.94 Å². The van der Waals surface area contributed by atoms with Crippen molar-refractivity contribution in [3.63, 3.8) is 0 Å². The highest BCUT2D eigenvalue weighted by Gasteiger charge is 2.39. The smallest absolute Gasteiger partial charge is 0.394 e. The number of Topliss-reactive ketones (excluding diaryl/α,β-unsaturated/α-hetero) is 2. The van der Waals surface area contributed by atoms with Crippen LogP contribution in [0.25, 0.3) is 0 Å². The number of carbonyl (C=O) groups is 2. The molecule has 0 amide bonds. The Morgan fingerprint density at radius 1 is 1.13 bits per heavy atom. The molecule has 0 saturated heterocycles. The van der Waals surface area contributed by atoms with Crippen molar-refractivity contribution in [1.82, 2.24) is 0 Å². The number of ketones is 2. The van der Waals surface area contributed by atoms with Crippen LogP contribution in [0.15, 0.2) is 0 Å². The van der Waals surface area contributed by atoms with Gasteiger partial charge in [-0.25, -0.2) is 0 Å². The van der Waals surface area contributed by atoms with Crippen LogP contribution in [-0.2, 0) is 9.59 Å². The van der Waals surface area contributed by atoms with E-state index in [9.17, 15) is 9.59 Å². The van der Waals surface area contributed by atoms with E-state index in [0.29, 0.717) is 0 Å². The fourth-order valence-corrected chi connectivity index (χ4v) is 1.25. The highest BCUT2D eigenvalue weighted by Crippen LogP contribution is 2.43. The number of carbonyl (C=O) groups excluding carboxylic acids is 2. The third kappa shape index (κ3) is 5.24. The van der Waals surface area contributed by atoms with Gasteiger partial charge in [-0.3, -0.25) is 9.59 Å². The van der Waals surface area contributed by atoms with Crippen LogP contribution >= 0.6 is 7.94 Å². The second-order valence-electron chi connectivity index (χ2n) is 2.83. The first-order chi connectivity index (χ1) is 6.69. The number of aliphatic hydroxyl groups excluding tert-OH is 3. The van der Waals surface area contributed by atoms with Gasteiger partial charge < -0.3 is 15.3 Å². The van der Waals surface area contributed by atoms with Gasteiger partial charge in [0.2, 0.25) is 17.7 Å². The van der Waals surface area contributed by atoms with Crippen molar-refractivity contribution in [3.8, 4) is 0 Å². The van der Waals surface area contributed by atoms with Crippen molar-refractivity contribution in [2.24, 2.45) is 0 Å². The van der Waals surface area contributed by atoms with E-state index >= 15 is 0 Å². The Hall–Kier alpha value is -0.470. The molecule has 0 aliphatic rings. The van der Waals surface area contributed by atoms with E-state index < -0.39 is 44.5 Å². The van der Waals surface area contributed by atoms with Crippen LogP contribution in [0.5, 0.6) is 0 Å². The van der Waals surface area contributed by atoms with E-state index in [2.05, 4.69) is 0 Å². The molecule has 0 fully saturated rings. The van der Waals surface area contributed by atoms with Crippen molar-refractivity contribution in [1.29, 1.82) is 0 Å². The Bertz CT molecular complexity index is 246. The summed E-state index contributed by atoms with van der Waals surface area (Å²) in [6.07, 6.45) is -5.19. The summed E-state index contributed by atoms with van der Waals surface area (Å²) in [5.41, 5.74) is 0. The molecule has 0 spiro atoms. The number of hydrogen-bond acceptors (Lipinski definition) is 8. The number of hydrogen-bond donors (Lipinski definition) is 6. The van der Waals surface area contributed by atoms with Crippen molar-refractivity contribution in [3.05, 3.63) is 0 Å². The minimum Gasteiger partial charge on any atom is -0.394 e. The molecule has 2 atom stereocenters. The van der Waals surface area contributed by atoms with Crippen molar-refractivity contribution in [2.75, 3.05) is 12.8 Å². The average Bonchev–Trinajstić information content (AvgIpc) is 2.11. The molecule has 0 bridgehead atoms. The highest BCUT2D eigenvalue weighted by atomic mass is 31.2. The van der Waals surface area contributed by atoms with Gasteiger partial charge in [0.15, 0.2) is 0 Å².